The number of hydrogen-bond acceptors (Lipinski definition) is 2. The Bertz CT molecular complexity index is 1530. The predicted molar refractivity (Wildman–Crippen MR) is 164 cm³/mol. The molecule has 4 aromatic carbocycles. The summed E-state index contributed by atoms with van der Waals surface area (Å²) in [5.74, 6) is -0.907. The van der Waals surface area contributed by atoms with Crippen molar-refractivity contribution < 1.29 is 9.90 Å². The lowest BCUT2D eigenvalue weighted by Crippen LogP contribution is -2.11. The van der Waals surface area contributed by atoms with Crippen molar-refractivity contribution in [2.75, 3.05) is 0 Å². The Kier molecular flexibility index (Phi) is 8.83. The third-order valence-corrected chi connectivity index (χ3v) is 7.43. The van der Waals surface area contributed by atoms with E-state index in [4.69, 9.17) is 0 Å². The normalized spacial score (nSPS) is 11.6. The van der Waals surface area contributed by atoms with E-state index in [1.807, 2.05) is 24.3 Å². The van der Waals surface area contributed by atoms with E-state index in [1.54, 1.807) is 12.1 Å². The van der Waals surface area contributed by atoms with Gasteiger partial charge in [-0.05, 0) is 97.2 Å². The molecule has 0 fully saturated rings. The number of aromatic carboxylic acids is 1. The summed E-state index contributed by atoms with van der Waals surface area (Å²) >= 11 is 0. The molecule has 0 aliphatic carbocycles. The lowest BCUT2D eigenvalue weighted by Gasteiger charge is -2.16. The van der Waals surface area contributed by atoms with Crippen molar-refractivity contribution in [3.05, 3.63) is 142 Å². The molecular weight excluding hydrogens is 478 g/mol. The lowest BCUT2D eigenvalue weighted by atomic mass is 9.92. The van der Waals surface area contributed by atoms with Crippen LogP contribution in [0.4, 0.5) is 0 Å². The van der Waals surface area contributed by atoms with Crippen LogP contribution in [0.15, 0.2) is 103 Å². The van der Waals surface area contributed by atoms with Crippen molar-refractivity contribution in [3.8, 4) is 11.1 Å². The molecular formula is C36H37NO2. The van der Waals surface area contributed by atoms with Gasteiger partial charge in [-0.25, -0.2) is 4.79 Å². The first-order valence-electron chi connectivity index (χ1n) is 13.4. The SMILES string of the molecule is C=C(NCc1cccc(C)c1)c1ccc(C)c(/C(C)=C(/C)CCc2ccc(-c3ccccc3C(=O)O)cc2)c1. The first kappa shape index (κ1) is 27.7. The first-order valence-corrected chi connectivity index (χ1v) is 13.4. The average molecular weight is 516 g/mol. The van der Waals surface area contributed by atoms with E-state index in [-0.39, 0.29) is 0 Å². The molecule has 0 saturated carbocycles. The van der Waals surface area contributed by atoms with Gasteiger partial charge in [-0.3, -0.25) is 0 Å². The quantitative estimate of drug-likeness (QED) is 0.222. The molecule has 39 heavy (non-hydrogen) atoms. The Morgan fingerprint density at radius 1 is 0.821 bits per heavy atom. The molecule has 0 aliphatic heterocycles. The minimum absolute atomic E-state index is 0.324. The highest BCUT2D eigenvalue weighted by molar-refractivity contribution is 5.96. The summed E-state index contributed by atoms with van der Waals surface area (Å²) < 4.78 is 0. The molecule has 4 rings (SSSR count). The van der Waals surface area contributed by atoms with Crippen LogP contribution >= 0.6 is 0 Å². The molecule has 0 amide bonds. The number of benzene rings is 4. The van der Waals surface area contributed by atoms with E-state index < -0.39 is 5.97 Å². The number of carbonyl (C=O) groups is 1. The fourth-order valence-corrected chi connectivity index (χ4v) is 4.87. The van der Waals surface area contributed by atoms with Crippen LogP contribution in [0.2, 0.25) is 0 Å². The molecule has 2 N–H and O–H groups in total. The van der Waals surface area contributed by atoms with Crippen molar-refractivity contribution in [1.82, 2.24) is 5.32 Å². The van der Waals surface area contributed by atoms with Crippen LogP contribution in [0.3, 0.4) is 0 Å². The Balaban J connectivity index is 1.44. The zero-order chi connectivity index (χ0) is 27.9. The molecule has 3 heteroatoms. The first-order chi connectivity index (χ1) is 18.7. The van der Waals surface area contributed by atoms with Crippen molar-refractivity contribution in [1.29, 1.82) is 0 Å². The zero-order valence-electron chi connectivity index (χ0n) is 23.3. The fourth-order valence-electron chi connectivity index (χ4n) is 4.87. The van der Waals surface area contributed by atoms with Gasteiger partial charge in [-0.15, -0.1) is 0 Å². The van der Waals surface area contributed by atoms with E-state index in [0.29, 0.717) is 5.56 Å². The number of nitrogens with one attached hydrogen (secondary N) is 1. The monoisotopic (exact) mass is 515 g/mol. The Labute approximate surface area is 232 Å². The molecule has 0 aliphatic rings. The van der Waals surface area contributed by atoms with Gasteiger partial charge < -0.3 is 10.4 Å². The summed E-state index contributed by atoms with van der Waals surface area (Å²) in [5, 5.41) is 13.0. The maximum absolute atomic E-state index is 11.6. The van der Waals surface area contributed by atoms with E-state index in [2.05, 4.69) is 94.2 Å². The topological polar surface area (TPSA) is 49.3 Å². The van der Waals surface area contributed by atoms with Crippen molar-refractivity contribution in [2.24, 2.45) is 0 Å². The van der Waals surface area contributed by atoms with Gasteiger partial charge in [0.15, 0.2) is 0 Å². The van der Waals surface area contributed by atoms with Gasteiger partial charge in [-0.1, -0.05) is 96.6 Å². The summed E-state index contributed by atoms with van der Waals surface area (Å²) in [7, 11) is 0. The molecule has 0 atom stereocenters. The highest BCUT2D eigenvalue weighted by atomic mass is 16.4. The Hall–Kier alpha value is -4.37. The molecule has 0 unspecified atom stereocenters. The second-order valence-electron chi connectivity index (χ2n) is 10.3. The van der Waals surface area contributed by atoms with E-state index in [9.17, 15) is 9.90 Å². The van der Waals surface area contributed by atoms with Crippen molar-refractivity contribution >= 4 is 17.2 Å². The van der Waals surface area contributed by atoms with Crippen LogP contribution < -0.4 is 5.32 Å². The fraction of sp³-hybridized carbons (Fsp3) is 0.194. The van der Waals surface area contributed by atoms with Crippen LogP contribution in [-0.4, -0.2) is 11.1 Å². The highest BCUT2D eigenvalue weighted by Gasteiger charge is 2.11. The smallest absolute Gasteiger partial charge is 0.336 e. The van der Waals surface area contributed by atoms with Crippen LogP contribution in [-0.2, 0) is 13.0 Å². The maximum Gasteiger partial charge on any atom is 0.336 e. The second-order valence-corrected chi connectivity index (χ2v) is 10.3. The molecule has 3 nitrogen and oxygen atoms in total. The third kappa shape index (κ3) is 6.94. The van der Waals surface area contributed by atoms with Gasteiger partial charge in [0.05, 0.1) is 5.56 Å². The van der Waals surface area contributed by atoms with Gasteiger partial charge in [0.25, 0.3) is 0 Å². The van der Waals surface area contributed by atoms with Gasteiger partial charge in [0.2, 0.25) is 0 Å². The number of allylic oxidation sites excluding steroid dienone is 2. The molecule has 0 saturated heterocycles. The molecule has 198 valence electrons. The van der Waals surface area contributed by atoms with Gasteiger partial charge >= 0.3 is 5.97 Å². The molecule has 0 bridgehead atoms. The number of rotatable bonds is 10. The summed E-state index contributed by atoms with van der Waals surface area (Å²) in [5.41, 5.74) is 12.9. The Morgan fingerprint density at radius 3 is 2.28 bits per heavy atom. The average Bonchev–Trinajstić information content (AvgIpc) is 2.94. The molecule has 4 aromatic rings. The van der Waals surface area contributed by atoms with E-state index in [0.717, 1.165) is 41.8 Å². The maximum atomic E-state index is 11.6. The Morgan fingerprint density at radius 2 is 1.56 bits per heavy atom. The standard InChI is InChI=1S/C36H37NO2/c1-24-9-8-10-30(21-24)23-37-28(5)32-18-14-26(3)35(22-32)27(4)25(2)13-15-29-16-19-31(20-17-29)33-11-6-7-12-34(33)36(38)39/h6-12,14,16-22,37H,5,13,15,23H2,1-4H3,(H,38,39)/b27-25-. The largest absolute Gasteiger partial charge is 0.478 e. The van der Waals surface area contributed by atoms with Gasteiger partial charge in [0.1, 0.15) is 0 Å². The van der Waals surface area contributed by atoms with Crippen LogP contribution in [0, 0.1) is 13.8 Å². The summed E-state index contributed by atoms with van der Waals surface area (Å²) in [6.45, 7) is 13.7. The number of aryl methyl sites for hydroxylation is 3. The zero-order valence-corrected chi connectivity index (χ0v) is 23.3. The molecule has 0 spiro atoms. The van der Waals surface area contributed by atoms with E-state index >= 15 is 0 Å². The van der Waals surface area contributed by atoms with Crippen LogP contribution in [0.25, 0.3) is 22.4 Å². The third-order valence-electron chi connectivity index (χ3n) is 7.43. The molecule has 0 aromatic heterocycles. The van der Waals surface area contributed by atoms with Crippen molar-refractivity contribution in [2.45, 2.75) is 47.1 Å². The predicted octanol–water partition coefficient (Wildman–Crippen LogP) is 8.86. The van der Waals surface area contributed by atoms with Gasteiger partial charge in [-0.2, -0.15) is 0 Å². The van der Waals surface area contributed by atoms with Crippen molar-refractivity contribution in [3.63, 3.8) is 0 Å². The highest BCUT2D eigenvalue weighted by Crippen LogP contribution is 2.28. The second kappa shape index (κ2) is 12.4. The minimum Gasteiger partial charge on any atom is -0.478 e. The number of carboxylic acid groups (broad SMARTS) is 1. The molecule has 0 radical (unpaired) electrons. The van der Waals surface area contributed by atoms with Gasteiger partial charge in [0, 0.05) is 12.2 Å². The summed E-state index contributed by atoms with van der Waals surface area (Å²) in [6.07, 6.45) is 1.88. The summed E-state index contributed by atoms with van der Waals surface area (Å²) in [6, 6.07) is 30.5. The number of carboxylic acids is 1. The van der Waals surface area contributed by atoms with E-state index in [1.165, 1.54) is 39.0 Å². The lowest BCUT2D eigenvalue weighted by molar-refractivity contribution is 0.0697. The summed E-state index contributed by atoms with van der Waals surface area (Å²) in [4.78, 5) is 11.6. The number of hydrogen-bond donors (Lipinski definition) is 2. The van der Waals surface area contributed by atoms with Crippen LogP contribution in [0.1, 0.15) is 64.0 Å². The van der Waals surface area contributed by atoms with Crippen LogP contribution in [0.5, 0.6) is 0 Å². The minimum atomic E-state index is -0.907. The molecule has 0 heterocycles.